The fourth-order valence-corrected chi connectivity index (χ4v) is 2.07. The molecule has 1 aromatic heterocycles. The molecule has 5 heteroatoms. The number of carbonyl (C=O) groups excluding carboxylic acids is 1. The number of furan rings is 1. The van der Waals surface area contributed by atoms with Crippen LogP contribution in [0.5, 0.6) is 0 Å². The first-order valence-electron chi connectivity index (χ1n) is 5.82. The first-order valence-corrected chi connectivity index (χ1v) is 5.82. The fraction of sp³-hybridized carbons (Fsp3) is 0.583. The molecule has 1 fully saturated rings. The average Bonchev–Trinajstić information content (AvgIpc) is 2.79. The molecule has 1 aromatic rings. The maximum Gasteiger partial charge on any atom is 0.374 e. The summed E-state index contributed by atoms with van der Waals surface area (Å²) >= 11 is 0. The van der Waals surface area contributed by atoms with Crippen LogP contribution in [-0.4, -0.2) is 43.7 Å². The number of ether oxygens (including phenoxy) is 1. The molecule has 1 N–H and O–H groups in total. The van der Waals surface area contributed by atoms with Gasteiger partial charge in [-0.1, -0.05) is 0 Å². The Hall–Kier alpha value is -1.33. The largest absolute Gasteiger partial charge is 0.463 e. The Morgan fingerprint density at radius 3 is 3.24 bits per heavy atom. The van der Waals surface area contributed by atoms with Gasteiger partial charge in [0.25, 0.3) is 0 Å². The highest BCUT2D eigenvalue weighted by atomic mass is 16.5. The molecule has 1 saturated heterocycles. The van der Waals surface area contributed by atoms with Crippen LogP contribution in [0.2, 0.25) is 0 Å². The van der Waals surface area contributed by atoms with Crippen LogP contribution in [0.3, 0.4) is 0 Å². The van der Waals surface area contributed by atoms with Crippen molar-refractivity contribution >= 4 is 5.97 Å². The molecular formula is C12H18N2O3. The summed E-state index contributed by atoms with van der Waals surface area (Å²) in [5, 5.41) is 3.34. The lowest BCUT2D eigenvalue weighted by Gasteiger charge is -2.33. The Morgan fingerprint density at radius 1 is 1.71 bits per heavy atom. The van der Waals surface area contributed by atoms with Crippen LogP contribution in [0.25, 0.3) is 0 Å². The highest BCUT2D eigenvalue weighted by molar-refractivity contribution is 5.87. The minimum atomic E-state index is -0.409. The number of piperazine rings is 1. The van der Waals surface area contributed by atoms with E-state index in [0.717, 1.165) is 31.7 Å². The number of esters is 1. The zero-order valence-electron chi connectivity index (χ0n) is 10.2. The molecule has 17 heavy (non-hydrogen) atoms. The van der Waals surface area contributed by atoms with Crippen molar-refractivity contribution in [3.05, 3.63) is 23.7 Å². The minimum absolute atomic E-state index is 0.318. The molecule has 2 rings (SSSR count). The van der Waals surface area contributed by atoms with Crippen molar-refractivity contribution in [1.82, 2.24) is 10.2 Å². The molecule has 0 aliphatic carbocycles. The molecule has 0 aromatic carbocycles. The van der Waals surface area contributed by atoms with Crippen LogP contribution < -0.4 is 5.32 Å². The van der Waals surface area contributed by atoms with Gasteiger partial charge in [0.05, 0.1) is 13.4 Å². The molecule has 5 nitrogen and oxygen atoms in total. The molecular weight excluding hydrogens is 220 g/mol. The Bertz CT molecular complexity index is 389. The molecule has 0 radical (unpaired) electrons. The molecule has 94 valence electrons. The van der Waals surface area contributed by atoms with E-state index in [1.165, 1.54) is 13.4 Å². The van der Waals surface area contributed by atoms with Gasteiger partial charge < -0.3 is 14.5 Å². The van der Waals surface area contributed by atoms with Gasteiger partial charge in [-0.2, -0.15) is 0 Å². The van der Waals surface area contributed by atoms with E-state index in [2.05, 4.69) is 21.9 Å². The Balaban J connectivity index is 2.07. The van der Waals surface area contributed by atoms with E-state index in [-0.39, 0.29) is 0 Å². The summed E-state index contributed by atoms with van der Waals surface area (Å²) in [6.45, 7) is 5.84. The van der Waals surface area contributed by atoms with Gasteiger partial charge >= 0.3 is 5.97 Å². The summed E-state index contributed by atoms with van der Waals surface area (Å²) in [6.07, 6.45) is 1.54. The van der Waals surface area contributed by atoms with Crippen molar-refractivity contribution in [3.8, 4) is 0 Å². The number of methoxy groups -OCH3 is 1. The van der Waals surface area contributed by atoms with Gasteiger partial charge in [0.1, 0.15) is 0 Å². The van der Waals surface area contributed by atoms with E-state index in [9.17, 15) is 4.79 Å². The van der Waals surface area contributed by atoms with Gasteiger partial charge in [0, 0.05) is 37.8 Å². The smallest absolute Gasteiger partial charge is 0.374 e. The van der Waals surface area contributed by atoms with Crippen LogP contribution in [0.15, 0.2) is 16.7 Å². The summed E-state index contributed by atoms with van der Waals surface area (Å²) in [7, 11) is 1.36. The van der Waals surface area contributed by atoms with E-state index < -0.39 is 5.97 Å². The quantitative estimate of drug-likeness (QED) is 0.791. The monoisotopic (exact) mass is 238 g/mol. The molecule has 1 aliphatic rings. The normalized spacial score (nSPS) is 21.4. The molecule has 2 heterocycles. The number of hydrogen-bond donors (Lipinski definition) is 1. The van der Waals surface area contributed by atoms with Gasteiger partial charge in [-0.3, -0.25) is 4.90 Å². The predicted molar refractivity (Wildman–Crippen MR) is 62.8 cm³/mol. The molecule has 0 unspecified atom stereocenters. The van der Waals surface area contributed by atoms with Crippen LogP contribution in [0.4, 0.5) is 0 Å². The average molecular weight is 238 g/mol. The summed E-state index contributed by atoms with van der Waals surface area (Å²) in [6, 6.07) is 2.30. The van der Waals surface area contributed by atoms with E-state index in [0.29, 0.717) is 11.8 Å². The number of hydrogen-bond acceptors (Lipinski definition) is 5. The molecule has 0 amide bonds. The van der Waals surface area contributed by atoms with Crippen molar-refractivity contribution in [1.29, 1.82) is 0 Å². The second kappa shape index (κ2) is 5.33. The molecule has 1 atom stereocenters. The minimum Gasteiger partial charge on any atom is -0.463 e. The molecule has 0 saturated carbocycles. The van der Waals surface area contributed by atoms with E-state index in [4.69, 9.17) is 4.42 Å². The topological polar surface area (TPSA) is 54.7 Å². The van der Waals surface area contributed by atoms with E-state index >= 15 is 0 Å². The first-order chi connectivity index (χ1) is 8.22. The summed E-state index contributed by atoms with van der Waals surface area (Å²) in [4.78, 5) is 13.8. The Morgan fingerprint density at radius 2 is 2.53 bits per heavy atom. The number of carbonyl (C=O) groups is 1. The van der Waals surface area contributed by atoms with Crippen LogP contribution in [0, 0.1) is 0 Å². The lowest BCUT2D eigenvalue weighted by atomic mass is 10.1. The van der Waals surface area contributed by atoms with Crippen molar-refractivity contribution in [2.75, 3.05) is 26.7 Å². The van der Waals surface area contributed by atoms with Crippen molar-refractivity contribution < 1.29 is 13.9 Å². The summed E-state index contributed by atoms with van der Waals surface area (Å²) in [5.74, 6) is -0.0916. The van der Waals surface area contributed by atoms with Gasteiger partial charge in [-0.05, 0) is 13.0 Å². The third-order valence-electron chi connectivity index (χ3n) is 3.13. The predicted octanol–water partition coefficient (Wildman–Crippen LogP) is 0.860. The maximum absolute atomic E-state index is 11.5. The van der Waals surface area contributed by atoms with E-state index in [1.54, 1.807) is 0 Å². The summed E-state index contributed by atoms with van der Waals surface area (Å²) < 4.78 is 9.86. The highest BCUT2D eigenvalue weighted by Crippen LogP contribution is 2.16. The second-order valence-electron chi connectivity index (χ2n) is 4.29. The van der Waals surface area contributed by atoms with Crippen LogP contribution in [0.1, 0.15) is 23.0 Å². The number of nitrogens with one attached hydrogen (secondary N) is 1. The zero-order chi connectivity index (χ0) is 12.3. The SMILES string of the molecule is COC(=O)c1occc1CN1CCNC[C@@H]1C. The van der Waals surface area contributed by atoms with Crippen molar-refractivity contribution in [2.24, 2.45) is 0 Å². The molecule has 0 bridgehead atoms. The van der Waals surface area contributed by atoms with Crippen molar-refractivity contribution in [2.45, 2.75) is 19.5 Å². The zero-order valence-corrected chi connectivity index (χ0v) is 10.2. The Labute approximate surface area is 101 Å². The van der Waals surface area contributed by atoms with Gasteiger partial charge in [0.15, 0.2) is 0 Å². The highest BCUT2D eigenvalue weighted by Gasteiger charge is 2.22. The molecule has 0 spiro atoms. The van der Waals surface area contributed by atoms with Gasteiger partial charge in [0.2, 0.25) is 5.76 Å². The Kier molecular flexibility index (Phi) is 3.81. The van der Waals surface area contributed by atoms with E-state index in [1.807, 2.05) is 6.07 Å². The number of rotatable bonds is 3. The van der Waals surface area contributed by atoms with Gasteiger partial charge in [-0.25, -0.2) is 4.79 Å². The van der Waals surface area contributed by atoms with Crippen LogP contribution >= 0.6 is 0 Å². The number of nitrogens with zero attached hydrogens (tertiary/aromatic N) is 1. The van der Waals surface area contributed by atoms with Crippen LogP contribution in [-0.2, 0) is 11.3 Å². The van der Waals surface area contributed by atoms with Crippen molar-refractivity contribution in [3.63, 3.8) is 0 Å². The standard InChI is InChI=1S/C12H18N2O3/c1-9-7-13-4-5-14(9)8-10-3-6-17-11(10)12(15)16-2/h3,6,9,13H,4-5,7-8H2,1-2H3/t9-/m0/s1. The lowest BCUT2D eigenvalue weighted by Crippen LogP contribution is -2.49. The second-order valence-corrected chi connectivity index (χ2v) is 4.29. The third-order valence-corrected chi connectivity index (χ3v) is 3.13. The first kappa shape index (κ1) is 12.1. The summed E-state index contributed by atoms with van der Waals surface area (Å²) in [5.41, 5.74) is 0.894. The van der Waals surface area contributed by atoms with Gasteiger partial charge in [-0.15, -0.1) is 0 Å². The third kappa shape index (κ3) is 2.68. The molecule has 1 aliphatic heterocycles. The maximum atomic E-state index is 11.5. The lowest BCUT2D eigenvalue weighted by molar-refractivity contribution is 0.0560. The fourth-order valence-electron chi connectivity index (χ4n) is 2.07.